The van der Waals surface area contributed by atoms with Gasteiger partial charge in [-0.3, -0.25) is 9.59 Å². The fourth-order valence-corrected chi connectivity index (χ4v) is 2.50. The molecule has 0 spiro atoms. The normalized spacial score (nSPS) is 11.2. The van der Waals surface area contributed by atoms with Crippen molar-refractivity contribution in [1.82, 2.24) is 5.32 Å². The molecule has 0 heterocycles. The summed E-state index contributed by atoms with van der Waals surface area (Å²) in [5, 5.41) is 3.31. The second-order valence-corrected chi connectivity index (χ2v) is 5.89. The van der Waals surface area contributed by atoms with E-state index in [-0.39, 0.29) is 17.3 Å². The second kappa shape index (κ2) is 9.04. The maximum absolute atomic E-state index is 12.3. The molecule has 0 aromatic heterocycles. The van der Waals surface area contributed by atoms with Crippen LogP contribution in [-0.4, -0.2) is 18.2 Å². The number of rotatable bonds is 7. The summed E-state index contributed by atoms with van der Waals surface area (Å²) in [5.74, 6) is -0.647. The zero-order valence-electron chi connectivity index (χ0n) is 13.6. The largest absolute Gasteiger partial charge is 0.352 e. The molecule has 4 heteroatoms. The van der Waals surface area contributed by atoms with Crippen LogP contribution in [-0.2, 0) is 16.0 Å². The lowest BCUT2D eigenvalue weighted by molar-refractivity contribution is -0.121. The van der Waals surface area contributed by atoms with Crippen molar-refractivity contribution in [3.8, 4) is 0 Å². The van der Waals surface area contributed by atoms with Crippen molar-refractivity contribution < 1.29 is 9.59 Å². The van der Waals surface area contributed by atoms with Crippen molar-refractivity contribution in [3.05, 3.63) is 76.3 Å². The van der Waals surface area contributed by atoms with Gasteiger partial charge >= 0.3 is 0 Å². The van der Waals surface area contributed by atoms with Gasteiger partial charge in [-0.05, 0) is 43.0 Å². The molecule has 3 nitrogen and oxygen atoms in total. The van der Waals surface area contributed by atoms with E-state index in [0.29, 0.717) is 17.1 Å². The Morgan fingerprint density at radius 3 is 2.38 bits per heavy atom. The molecule has 0 saturated carbocycles. The van der Waals surface area contributed by atoms with Crippen molar-refractivity contribution in [2.75, 3.05) is 6.54 Å². The van der Waals surface area contributed by atoms with Crippen molar-refractivity contribution in [1.29, 1.82) is 0 Å². The molecule has 0 unspecified atom stereocenters. The summed E-state index contributed by atoms with van der Waals surface area (Å²) < 4.78 is 0. The SMILES string of the molecule is CC(=O)/C(=C/c1ccccc1Cl)C(=O)NCCCc1ccccc1. The van der Waals surface area contributed by atoms with Crippen LogP contribution in [0.15, 0.2) is 60.2 Å². The van der Waals surface area contributed by atoms with E-state index in [1.54, 1.807) is 18.2 Å². The molecule has 0 bridgehead atoms. The van der Waals surface area contributed by atoms with E-state index in [9.17, 15) is 9.59 Å². The minimum Gasteiger partial charge on any atom is -0.352 e. The van der Waals surface area contributed by atoms with Crippen LogP contribution in [0, 0.1) is 0 Å². The van der Waals surface area contributed by atoms with Crippen molar-refractivity contribution in [3.63, 3.8) is 0 Å². The lowest BCUT2D eigenvalue weighted by Gasteiger charge is -2.07. The molecule has 2 aromatic rings. The molecular weight excluding hydrogens is 322 g/mol. The first-order valence-corrected chi connectivity index (χ1v) is 8.25. The number of ketones is 1. The topological polar surface area (TPSA) is 46.2 Å². The summed E-state index contributed by atoms with van der Waals surface area (Å²) in [4.78, 5) is 24.1. The van der Waals surface area contributed by atoms with Gasteiger partial charge in [-0.1, -0.05) is 60.1 Å². The minimum absolute atomic E-state index is 0.114. The molecule has 24 heavy (non-hydrogen) atoms. The fourth-order valence-electron chi connectivity index (χ4n) is 2.31. The van der Waals surface area contributed by atoms with E-state index >= 15 is 0 Å². The molecule has 0 aliphatic heterocycles. The highest BCUT2D eigenvalue weighted by Crippen LogP contribution is 2.18. The summed E-state index contributed by atoms with van der Waals surface area (Å²) in [6.45, 7) is 1.90. The Bertz CT molecular complexity index is 738. The molecule has 0 fully saturated rings. The van der Waals surface area contributed by atoms with E-state index < -0.39 is 0 Å². The Morgan fingerprint density at radius 2 is 1.71 bits per heavy atom. The number of aryl methyl sites for hydroxylation is 1. The van der Waals surface area contributed by atoms with Gasteiger partial charge in [0.2, 0.25) is 0 Å². The van der Waals surface area contributed by atoms with Gasteiger partial charge in [0.15, 0.2) is 5.78 Å². The number of hydrogen-bond donors (Lipinski definition) is 1. The molecule has 2 aromatic carbocycles. The zero-order chi connectivity index (χ0) is 17.4. The van der Waals surface area contributed by atoms with Crippen molar-refractivity contribution in [2.24, 2.45) is 0 Å². The first-order chi connectivity index (χ1) is 11.6. The maximum Gasteiger partial charge on any atom is 0.254 e. The van der Waals surface area contributed by atoms with Gasteiger partial charge < -0.3 is 5.32 Å². The summed E-state index contributed by atoms with van der Waals surface area (Å²) in [7, 11) is 0. The molecule has 124 valence electrons. The number of carbonyl (C=O) groups is 2. The lowest BCUT2D eigenvalue weighted by Crippen LogP contribution is -2.28. The van der Waals surface area contributed by atoms with E-state index in [2.05, 4.69) is 17.4 Å². The van der Waals surface area contributed by atoms with Crippen LogP contribution in [0.1, 0.15) is 24.5 Å². The van der Waals surface area contributed by atoms with E-state index in [0.717, 1.165) is 12.8 Å². The van der Waals surface area contributed by atoms with Gasteiger partial charge in [0.05, 0.1) is 5.57 Å². The molecule has 0 aliphatic rings. The Labute approximate surface area is 147 Å². The molecule has 1 amide bonds. The number of nitrogens with one attached hydrogen (secondary N) is 1. The van der Waals surface area contributed by atoms with E-state index in [1.807, 2.05) is 24.3 Å². The second-order valence-electron chi connectivity index (χ2n) is 5.48. The van der Waals surface area contributed by atoms with Crippen molar-refractivity contribution >= 4 is 29.4 Å². The predicted octanol–water partition coefficient (Wildman–Crippen LogP) is 4.06. The quantitative estimate of drug-likeness (QED) is 0.357. The smallest absolute Gasteiger partial charge is 0.254 e. The highest BCUT2D eigenvalue weighted by molar-refractivity contribution is 6.32. The van der Waals surface area contributed by atoms with Gasteiger partial charge in [0.1, 0.15) is 0 Å². The first kappa shape index (κ1) is 18.0. The summed E-state index contributed by atoms with van der Waals surface area (Å²) in [6.07, 6.45) is 3.23. The number of Topliss-reactive ketones (excluding diaryl/α,β-unsaturated/α-hetero) is 1. The average Bonchev–Trinajstić information content (AvgIpc) is 2.58. The van der Waals surface area contributed by atoms with Gasteiger partial charge in [-0.25, -0.2) is 0 Å². The van der Waals surface area contributed by atoms with Crippen LogP contribution in [0.4, 0.5) is 0 Å². The standard InChI is InChI=1S/C20H20ClNO2/c1-15(23)18(14-17-11-5-6-12-19(17)21)20(24)22-13-7-10-16-8-3-2-4-9-16/h2-6,8-9,11-12,14H,7,10,13H2,1H3,(H,22,24)/b18-14-. The highest BCUT2D eigenvalue weighted by atomic mass is 35.5. The molecule has 0 saturated heterocycles. The lowest BCUT2D eigenvalue weighted by atomic mass is 10.1. The van der Waals surface area contributed by atoms with Crippen molar-refractivity contribution in [2.45, 2.75) is 19.8 Å². The first-order valence-electron chi connectivity index (χ1n) is 7.87. The van der Waals surface area contributed by atoms with Crippen LogP contribution in [0.5, 0.6) is 0 Å². The third kappa shape index (κ3) is 5.36. The maximum atomic E-state index is 12.3. The third-order valence-electron chi connectivity index (χ3n) is 3.60. The van der Waals surface area contributed by atoms with E-state index in [1.165, 1.54) is 18.6 Å². The summed E-state index contributed by atoms with van der Waals surface area (Å²) in [6, 6.07) is 17.2. The Kier molecular flexibility index (Phi) is 6.76. The molecular formula is C20H20ClNO2. The summed E-state index contributed by atoms with van der Waals surface area (Å²) >= 11 is 6.08. The Morgan fingerprint density at radius 1 is 1.04 bits per heavy atom. The van der Waals surface area contributed by atoms with Gasteiger partial charge in [-0.15, -0.1) is 0 Å². The van der Waals surface area contributed by atoms with Gasteiger partial charge in [0, 0.05) is 11.6 Å². The highest BCUT2D eigenvalue weighted by Gasteiger charge is 2.14. The van der Waals surface area contributed by atoms with E-state index in [4.69, 9.17) is 11.6 Å². The molecule has 1 N–H and O–H groups in total. The number of amides is 1. The van der Waals surface area contributed by atoms with Crippen LogP contribution < -0.4 is 5.32 Å². The number of carbonyl (C=O) groups excluding carboxylic acids is 2. The van der Waals surface area contributed by atoms with Gasteiger partial charge in [-0.2, -0.15) is 0 Å². The average molecular weight is 342 g/mol. The summed E-state index contributed by atoms with van der Waals surface area (Å²) in [5.41, 5.74) is 2.00. The van der Waals surface area contributed by atoms with Crippen LogP contribution in [0.25, 0.3) is 6.08 Å². The minimum atomic E-state index is -0.365. The third-order valence-corrected chi connectivity index (χ3v) is 3.94. The molecule has 0 radical (unpaired) electrons. The van der Waals surface area contributed by atoms with Gasteiger partial charge in [0.25, 0.3) is 5.91 Å². The molecule has 0 atom stereocenters. The fraction of sp³-hybridized carbons (Fsp3) is 0.200. The van der Waals surface area contributed by atoms with Crippen LogP contribution in [0.3, 0.4) is 0 Å². The monoisotopic (exact) mass is 341 g/mol. The molecule has 0 aliphatic carbocycles. The zero-order valence-corrected chi connectivity index (χ0v) is 14.3. The predicted molar refractivity (Wildman–Crippen MR) is 97.9 cm³/mol. The number of hydrogen-bond acceptors (Lipinski definition) is 2. The van der Waals surface area contributed by atoms with Crippen LogP contribution in [0.2, 0.25) is 5.02 Å². The number of halogens is 1. The Hall–Kier alpha value is -2.39. The Balaban J connectivity index is 1.95. The molecule has 2 rings (SSSR count). The number of benzene rings is 2. The van der Waals surface area contributed by atoms with Crippen LogP contribution >= 0.6 is 11.6 Å².